The van der Waals surface area contributed by atoms with Crippen molar-refractivity contribution in [2.75, 3.05) is 36.9 Å². The molecule has 2 aromatic heterocycles. The van der Waals surface area contributed by atoms with Gasteiger partial charge < -0.3 is 20.1 Å². The summed E-state index contributed by atoms with van der Waals surface area (Å²) in [6, 6.07) is 17.8. The van der Waals surface area contributed by atoms with Crippen molar-refractivity contribution < 1.29 is 14.3 Å². The lowest BCUT2D eigenvalue weighted by molar-refractivity contribution is 0.0972. The lowest BCUT2D eigenvalue weighted by Gasteiger charge is -2.27. The van der Waals surface area contributed by atoms with Gasteiger partial charge in [-0.3, -0.25) is 4.79 Å². The molecule has 0 spiro atoms. The normalized spacial score (nSPS) is 15.7. The number of ketones is 1. The highest BCUT2D eigenvalue weighted by atomic mass is 16.5. The summed E-state index contributed by atoms with van der Waals surface area (Å²) in [6.45, 7) is 3.13. The number of nitrogens with zero attached hydrogens (tertiary/aromatic N) is 4. The number of morpholine rings is 1. The fourth-order valence-electron chi connectivity index (χ4n) is 4.90. The van der Waals surface area contributed by atoms with E-state index in [4.69, 9.17) is 25.2 Å². The molecular weight excluding hydrogens is 454 g/mol. The van der Waals surface area contributed by atoms with Gasteiger partial charge in [-0.25, -0.2) is 4.98 Å². The highest BCUT2D eigenvalue weighted by molar-refractivity contribution is 6.13. The van der Waals surface area contributed by atoms with E-state index in [0.717, 1.165) is 41.0 Å². The maximum absolute atomic E-state index is 13.1. The molecule has 1 fully saturated rings. The molecule has 4 aromatic rings. The fourth-order valence-corrected chi connectivity index (χ4v) is 4.90. The van der Waals surface area contributed by atoms with Crippen molar-refractivity contribution in [1.82, 2.24) is 15.0 Å². The number of carbonyl (C=O) groups excluding carboxylic acids is 1. The third kappa shape index (κ3) is 4.24. The number of anilines is 2. The van der Waals surface area contributed by atoms with Crippen LogP contribution in [0.25, 0.3) is 22.2 Å². The zero-order valence-electron chi connectivity index (χ0n) is 19.9. The zero-order chi connectivity index (χ0) is 24.5. The maximum Gasteiger partial charge on any atom is 0.229 e. The Morgan fingerprint density at radius 2 is 1.69 bits per heavy atom. The summed E-state index contributed by atoms with van der Waals surface area (Å²) < 4.78 is 11.4. The molecule has 2 N–H and O–H groups in total. The van der Waals surface area contributed by atoms with Gasteiger partial charge in [0.25, 0.3) is 0 Å². The fraction of sp³-hybridized carbons (Fsp3) is 0.286. The molecule has 0 saturated carbocycles. The van der Waals surface area contributed by atoms with E-state index in [1.54, 1.807) is 0 Å². The van der Waals surface area contributed by atoms with E-state index in [2.05, 4.69) is 9.88 Å². The van der Waals surface area contributed by atoms with Crippen LogP contribution in [-0.2, 0) is 17.8 Å². The second-order valence-electron chi connectivity index (χ2n) is 9.09. The van der Waals surface area contributed by atoms with E-state index < -0.39 is 0 Å². The summed E-state index contributed by atoms with van der Waals surface area (Å²) >= 11 is 0. The van der Waals surface area contributed by atoms with Crippen LogP contribution in [0.1, 0.15) is 34.5 Å². The number of Topliss-reactive ketones (excluding diaryl/α,β-unsaturated/α-hetero) is 1. The Labute approximate surface area is 209 Å². The quantitative estimate of drug-likeness (QED) is 0.452. The standard InChI is InChI=1S/C28H27N5O3/c29-26-25-23(19-9-11-20(12-10-19)36-17-18-5-2-1-3-6-18)24-21(7-4-8-22(24)34)30-27(25)32-28(31-26)33-13-15-35-16-14-33/h1-3,5-6,9-12H,4,7-8,13-17H2,(H2,29,30,31,32). The maximum atomic E-state index is 13.1. The van der Waals surface area contributed by atoms with Crippen LogP contribution in [0.5, 0.6) is 5.75 Å². The largest absolute Gasteiger partial charge is 0.489 e. The monoisotopic (exact) mass is 481 g/mol. The van der Waals surface area contributed by atoms with Crippen LogP contribution >= 0.6 is 0 Å². The lowest BCUT2D eigenvalue weighted by atomic mass is 9.86. The topological polar surface area (TPSA) is 103 Å². The number of fused-ring (bicyclic) bond motifs is 2. The second kappa shape index (κ2) is 9.54. The molecule has 1 saturated heterocycles. The van der Waals surface area contributed by atoms with E-state index in [-0.39, 0.29) is 5.78 Å². The van der Waals surface area contributed by atoms with Crippen molar-refractivity contribution in [2.24, 2.45) is 0 Å². The zero-order valence-corrected chi connectivity index (χ0v) is 19.9. The van der Waals surface area contributed by atoms with Crippen LogP contribution in [0.3, 0.4) is 0 Å². The van der Waals surface area contributed by atoms with Crippen LogP contribution in [0.2, 0.25) is 0 Å². The summed E-state index contributed by atoms with van der Waals surface area (Å²) in [5.41, 5.74) is 11.2. The summed E-state index contributed by atoms with van der Waals surface area (Å²) in [5, 5.41) is 0.624. The van der Waals surface area contributed by atoms with Gasteiger partial charge in [0.2, 0.25) is 5.95 Å². The number of hydrogen-bond acceptors (Lipinski definition) is 8. The minimum atomic E-state index is 0.0849. The highest BCUT2D eigenvalue weighted by Gasteiger charge is 2.28. The number of carbonyl (C=O) groups is 1. The molecule has 2 aliphatic rings. The molecule has 2 aromatic carbocycles. The van der Waals surface area contributed by atoms with E-state index in [1.807, 2.05) is 54.6 Å². The molecule has 0 radical (unpaired) electrons. The van der Waals surface area contributed by atoms with Gasteiger partial charge >= 0.3 is 0 Å². The minimum Gasteiger partial charge on any atom is -0.489 e. The van der Waals surface area contributed by atoms with Crippen LogP contribution in [-0.4, -0.2) is 47.0 Å². The van der Waals surface area contributed by atoms with Gasteiger partial charge in [-0.05, 0) is 36.1 Å². The molecule has 0 unspecified atom stereocenters. The molecule has 8 nitrogen and oxygen atoms in total. The molecule has 6 rings (SSSR count). The Kier molecular flexibility index (Phi) is 5.95. The predicted octanol–water partition coefficient (Wildman–Crippen LogP) is 4.21. The number of rotatable bonds is 5. The number of nitrogen functional groups attached to an aromatic ring is 1. The van der Waals surface area contributed by atoms with Crippen molar-refractivity contribution >= 4 is 28.6 Å². The van der Waals surface area contributed by atoms with Crippen molar-refractivity contribution in [3.8, 4) is 16.9 Å². The Morgan fingerprint density at radius 1 is 0.917 bits per heavy atom. The number of benzene rings is 2. The van der Waals surface area contributed by atoms with Gasteiger partial charge in [0.05, 0.1) is 24.3 Å². The van der Waals surface area contributed by atoms with Crippen LogP contribution in [0.4, 0.5) is 11.8 Å². The highest BCUT2D eigenvalue weighted by Crippen LogP contribution is 2.39. The molecule has 182 valence electrons. The molecule has 36 heavy (non-hydrogen) atoms. The second-order valence-corrected chi connectivity index (χ2v) is 9.09. The Hall–Kier alpha value is -4.04. The molecule has 3 heterocycles. The first-order valence-electron chi connectivity index (χ1n) is 12.3. The lowest BCUT2D eigenvalue weighted by Crippen LogP contribution is -2.37. The third-order valence-corrected chi connectivity index (χ3v) is 6.72. The average molecular weight is 482 g/mol. The number of pyridine rings is 1. The Balaban J connectivity index is 1.42. The number of aryl methyl sites for hydroxylation is 1. The van der Waals surface area contributed by atoms with Gasteiger partial charge in [-0.15, -0.1) is 0 Å². The number of aromatic nitrogens is 3. The Morgan fingerprint density at radius 3 is 2.47 bits per heavy atom. The summed E-state index contributed by atoms with van der Waals surface area (Å²) in [6.07, 6.45) is 2.02. The van der Waals surface area contributed by atoms with E-state index >= 15 is 0 Å². The van der Waals surface area contributed by atoms with Gasteiger partial charge in [-0.1, -0.05) is 42.5 Å². The van der Waals surface area contributed by atoms with E-state index in [1.165, 1.54) is 0 Å². The summed E-state index contributed by atoms with van der Waals surface area (Å²) in [4.78, 5) is 29.4. The molecule has 0 atom stereocenters. The van der Waals surface area contributed by atoms with Gasteiger partial charge in [0.15, 0.2) is 11.4 Å². The SMILES string of the molecule is Nc1nc(N2CCOCC2)nc2nc3c(c(-c4ccc(OCc5ccccc5)cc4)c12)C(=O)CCC3. The first kappa shape index (κ1) is 22.4. The molecule has 1 aliphatic heterocycles. The first-order chi connectivity index (χ1) is 17.7. The number of hydrogen-bond donors (Lipinski definition) is 1. The summed E-state index contributed by atoms with van der Waals surface area (Å²) in [7, 11) is 0. The predicted molar refractivity (Wildman–Crippen MR) is 138 cm³/mol. The van der Waals surface area contributed by atoms with Crippen molar-refractivity contribution in [3.63, 3.8) is 0 Å². The van der Waals surface area contributed by atoms with Crippen LogP contribution in [0, 0.1) is 0 Å². The number of ether oxygens (including phenoxy) is 2. The van der Waals surface area contributed by atoms with Crippen molar-refractivity contribution in [1.29, 1.82) is 0 Å². The van der Waals surface area contributed by atoms with Crippen molar-refractivity contribution in [3.05, 3.63) is 71.4 Å². The Bertz CT molecular complexity index is 1420. The van der Waals surface area contributed by atoms with Crippen LogP contribution < -0.4 is 15.4 Å². The van der Waals surface area contributed by atoms with Crippen LogP contribution in [0.15, 0.2) is 54.6 Å². The minimum absolute atomic E-state index is 0.0849. The number of nitrogens with two attached hydrogens (primary N) is 1. The molecular formula is C28H27N5O3. The first-order valence-corrected chi connectivity index (χ1v) is 12.3. The summed E-state index contributed by atoms with van der Waals surface area (Å²) in [5.74, 6) is 1.71. The van der Waals surface area contributed by atoms with E-state index in [9.17, 15) is 4.79 Å². The molecule has 0 bridgehead atoms. The van der Waals surface area contributed by atoms with E-state index in [0.29, 0.717) is 67.7 Å². The third-order valence-electron chi connectivity index (χ3n) is 6.72. The molecule has 8 heteroatoms. The smallest absolute Gasteiger partial charge is 0.229 e. The van der Waals surface area contributed by atoms with Gasteiger partial charge in [-0.2, -0.15) is 9.97 Å². The average Bonchev–Trinajstić information content (AvgIpc) is 2.92. The van der Waals surface area contributed by atoms with Gasteiger partial charge in [0.1, 0.15) is 18.2 Å². The molecule has 0 amide bonds. The van der Waals surface area contributed by atoms with Gasteiger partial charge in [0, 0.05) is 30.6 Å². The van der Waals surface area contributed by atoms with Crippen molar-refractivity contribution in [2.45, 2.75) is 25.9 Å². The molecule has 1 aliphatic carbocycles.